The molecule has 6 nitrogen and oxygen atoms in total. The van der Waals surface area contributed by atoms with E-state index in [9.17, 15) is 0 Å². The van der Waals surface area contributed by atoms with E-state index in [0.29, 0.717) is 0 Å². The molecule has 0 amide bonds. The molecule has 0 saturated carbocycles. The van der Waals surface area contributed by atoms with Crippen LogP contribution in [0.15, 0.2) is 54.9 Å². The zero-order valence-corrected chi connectivity index (χ0v) is 16.2. The first-order valence-corrected chi connectivity index (χ1v) is 8.93. The van der Waals surface area contributed by atoms with E-state index in [1.54, 1.807) is 17.7 Å². The highest BCUT2D eigenvalue weighted by atomic mass is 32.1. The number of carbonyl (C=O) groups is 2. The third kappa shape index (κ3) is 6.56. The van der Waals surface area contributed by atoms with Crippen molar-refractivity contribution in [3.8, 4) is 10.6 Å². The highest BCUT2D eigenvalue weighted by Crippen LogP contribution is 2.25. The second-order valence-electron chi connectivity index (χ2n) is 5.14. The van der Waals surface area contributed by atoms with Crippen LogP contribution in [-0.2, 0) is 16.0 Å². The molecule has 2 aromatic carbocycles. The first-order chi connectivity index (χ1) is 13.3. The standard InChI is InChI=1S/C11H10N4S.C7H8.2CH2O/c1-2-10-14-15-11(16-10)7-3-4-8-9(5-7)13-6-12-8;1-7-5-3-2-4-6-7;2*1-2/h3-6H,2H2,1H3,(H,12,13);2-6H,1H3;2*1H2. The van der Waals surface area contributed by atoms with Gasteiger partial charge in [0.25, 0.3) is 0 Å². The largest absolute Gasteiger partial charge is 0.345 e. The van der Waals surface area contributed by atoms with Crippen molar-refractivity contribution < 1.29 is 9.59 Å². The molecule has 2 heterocycles. The minimum absolute atomic E-state index is 0.934. The Kier molecular flexibility index (Phi) is 9.88. The lowest BCUT2D eigenvalue weighted by atomic mass is 10.2. The van der Waals surface area contributed by atoms with Gasteiger partial charge in [-0.15, -0.1) is 10.2 Å². The van der Waals surface area contributed by atoms with E-state index < -0.39 is 0 Å². The molecule has 1 N–H and O–H groups in total. The van der Waals surface area contributed by atoms with Gasteiger partial charge < -0.3 is 14.6 Å². The summed E-state index contributed by atoms with van der Waals surface area (Å²) in [4.78, 5) is 23.3. The molecule has 140 valence electrons. The molecule has 0 unspecified atom stereocenters. The molecule has 0 aliphatic rings. The Bertz CT molecular complexity index is 920. The van der Waals surface area contributed by atoms with Crippen LogP contribution in [-0.4, -0.2) is 33.7 Å². The highest BCUT2D eigenvalue weighted by molar-refractivity contribution is 7.14. The summed E-state index contributed by atoms with van der Waals surface area (Å²) in [5.74, 6) is 0. The lowest BCUT2D eigenvalue weighted by molar-refractivity contribution is -0.0987. The van der Waals surface area contributed by atoms with Gasteiger partial charge in [0, 0.05) is 5.56 Å². The van der Waals surface area contributed by atoms with E-state index in [1.165, 1.54) is 5.56 Å². The van der Waals surface area contributed by atoms with Crippen molar-refractivity contribution >= 4 is 35.9 Å². The monoisotopic (exact) mass is 382 g/mol. The van der Waals surface area contributed by atoms with Gasteiger partial charge in [0.1, 0.15) is 23.6 Å². The molecular formula is C20H22N4O2S. The Labute approximate surface area is 162 Å². The maximum Gasteiger partial charge on any atom is 0.147 e. The third-order valence-corrected chi connectivity index (χ3v) is 4.49. The molecule has 0 aliphatic heterocycles. The van der Waals surface area contributed by atoms with Crippen LogP contribution < -0.4 is 0 Å². The predicted octanol–water partition coefficient (Wildman–Crippen LogP) is 4.27. The minimum Gasteiger partial charge on any atom is -0.345 e. The fourth-order valence-corrected chi connectivity index (χ4v) is 2.89. The lowest BCUT2D eigenvalue weighted by Gasteiger charge is -1.94. The molecule has 4 rings (SSSR count). The Morgan fingerprint density at radius 3 is 2.26 bits per heavy atom. The number of aromatic amines is 1. The van der Waals surface area contributed by atoms with Gasteiger partial charge in [0.15, 0.2) is 0 Å². The SMILES string of the molecule is C=O.C=O.CCc1nnc(-c2ccc3nc[nH]c3c2)s1.Cc1ccccc1. The van der Waals surface area contributed by atoms with Gasteiger partial charge in [-0.1, -0.05) is 54.2 Å². The summed E-state index contributed by atoms with van der Waals surface area (Å²) in [7, 11) is 0. The molecule has 0 atom stereocenters. The Balaban J connectivity index is 0.000000279. The number of hydrogen-bond acceptors (Lipinski definition) is 6. The summed E-state index contributed by atoms with van der Waals surface area (Å²) in [6, 6.07) is 16.3. The molecule has 0 bridgehead atoms. The number of H-pyrrole nitrogens is 1. The second kappa shape index (κ2) is 12.2. The van der Waals surface area contributed by atoms with Crippen LogP contribution in [0.25, 0.3) is 21.6 Å². The fourth-order valence-electron chi connectivity index (χ4n) is 2.12. The average Bonchev–Trinajstić information content (AvgIpc) is 3.41. The summed E-state index contributed by atoms with van der Waals surface area (Å²) >= 11 is 1.64. The number of nitrogens with zero attached hydrogens (tertiary/aromatic N) is 3. The summed E-state index contributed by atoms with van der Waals surface area (Å²) in [6.07, 6.45) is 2.63. The fraction of sp³-hybridized carbons (Fsp3) is 0.150. The number of aromatic nitrogens is 4. The lowest BCUT2D eigenvalue weighted by Crippen LogP contribution is -1.78. The molecule has 27 heavy (non-hydrogen) atoms. The number of rotatable bonds is 2. The highest BCUT2D eigenvalue weighted by Gasteiger charge is 2.06. The number of nitrogens with one attached hydrogen (secondary N) is 1. The van der Waals surface area contributed by atoms with Crippen molar-refractivity contribution in [2.24, 2.45) is 0 Å². The zero-order valence-electron chi connectivity index (χ0n) is 15.4. The van der Waals surface area contributed by atoms with E-state index >= 15 is 0 Å². The topological polar surface area (TPSA) is 88.6 Å². The third-order valence-electron chi connectivity index (χ3n) is 3.38. The maximum atomic E-state index is 8.00. The second-order valence-corrected chi connectivity index (χ2v) is 6.21. The van der Waals surface area contributed by atoms with Gasteiger partial charge in [-0.25, -0.2) is 4.98 Å². The zero-order chi connectivity index (χ0) is 20.1. The van der Waals surface area contributed by atoms with Crippen molar-refractivity contribution in [3.05, 3.63) is 65.4 Å². The number of carbonyl (C=O) groups excluding carboxylic acids is 2. The van der Waals surface area contributed by atoms with Gasteiger partial charge in [0.05, 0.1) is 17.4 Å². The first-order valence-electron chi connectivity index (χ1n) is 8.11. The number of hydrogen-bond donors (Lipinski definition) is 1. The summed E-state index contributed by atoms with van der Waals surface area (Å²) in [5.41, 5.74) is 4.42. The van der Waals surface area contributed by atoms with Gasteiger partial charge in [-0.2, -0.15) is 0 Å². The van der Waals surface area contributed by atoms with E-state index in [1.807, 2.05) is 43.9 Å². The van der Waals surface area contributed by atoms with E-state index in [0.717, 1.165) is 33.0 Å². The minimum atomic E-state index is 0.934. The quantitative estimate of drug-likeness (QED) is 0.559. The van der Waals surface area contributed by atoms with Crippen molar-refractivity contribution in [2.45, 2.75) is 20.3 Å². The van der Waals surface area contributed by atoms with Gasteiger partial charge in [0.2, 0.25) is 0 Å². The molecule has 0 fully saturated rings. The Morgan fingerprint density at radius 1 is 1.00 bits per heavy atom. The molecule has 0 spiro atoms. The molecular weight excluding hydrogens is 360 g/mol. The smallest absolute Gasteiger partial charge is 0.147 e. The van der Waals surface area contributed by atoms with E-state index in [2.05, 4.69) is 52.2 Å². The van der Waals surface area contributed by atoms with Crippen LogP contribution in [0, 0.1) is 6.92 Å². The van der Waals surface area contributed by atoms with Crippen LogP contribution in [0.5, 0.6) is 0 Å². The van der Waals surface area contributed by atoms with Crippen molar-refractivity contribution in [1.82, 2.24) is 20.2 Å². The molecule has 2 aromatic heterocycles. The predicted molar refractivity (Wildman–Crippen MR) is 110 cm³/mol. The summed E-state index contributed by atoms with van der Waals surface area (Å²) < 4.78 is 0. The summed E-state index contributed by atoms with van der Waals surface area (Å²) in [6.45, 7) is 8.17. The number of fused-ring (bicyclic) bond motifs is 1. The van der Waals surface area contributed by atoms with Gasteiger partial charge in [-0.05, 0) is 31.5 Å². The van der Waals surface area contributed by atoms with Crippen molar-refractivity contribution in [1.29, 1.82) is 0 Å². The average molecular weight is 382 g/mol. The van der Waals surface area contributed by atoms with Crippen LogP contribution in [0.3, 0.4) is 0 Å². The number of benzene rings is 2. The Hall–Kier alpha value is -3.19. The molecule has 0 saturated heterocycles. The van der Waals surface area contributed by atoms with Gasteiger partial charge >= 0.3 is 0 Å². The van der Waals surface area contributed by atoms with Crippen LogP contribution >= 0.6 is 11.3 Å². The van der Waals surface area contributed by atoms with Crippen LogP contribution in [0.2, 0.25) is 0 Å². The van der Waals surface area contributed by atoms with Gasteiger partial charge in [-0.3, -0.25) is 0 Å². The van der Waals surface area contributed by atoms with Crippen LogP contribution in [0.1, 0.15) is 17.5 Å². The van der Waals surface area contributed by atoms with Crippen molar-refractivity contribution in [3.63, 3.8) is 0 Å². The number of imidazole rings is 1. The van der Waals surface area contributed by atoms with Crippen molar-refractivity contribution in [2.75, 3.05) is 0 Å². The molecule has 0 radical (unpaired) electrons. The first kappa shape index (κ1) is 21.9. The Morgan fingerprint density at radius 2 is 1.70 bits per heavy atom. The molecule has 0 aliphatic carbocycles. The maximum absolute atomic E-state index is 8.00. The van der Waals surface area contributed by atoms with Crippen LogP contribution in [0.4, 0.5) is 0 Å². The molecule has 7 heteroatoms. The summed E-state index contributed by atoms with van der Waals surface area (Å²) in [5, 5.41) is 10.3. The number of aryl methyl sites for hydroxylation is 2. The van der Waals surface area contributed by atoms with E-state index in [4.69, 9.17) is 9.59 Å². The molecule has 4 aromatic rings. The van der Waals surface area contributed by atoms with E-state index in [-0.39, 0.29) is 0 Å². The normalized spacial score (nSPS) is 9.11.